The molecule has 0 aliphatic heterocycles. The molecule has 0 fully saturated rings. The third-order valence-electron chi connectivity index (χ3n) is 6.34. The highest BCUT2D eigenvalue weighted by atomic mass is 32.2. The van der Waals surface area contributed by atoms with E-state index < -0.39 is 16.1 Å². The van der Waals surface area contributed by atoms with Crippen LogP contribution in [0.15, 0.2) is 77.7 Å². The van der Waals surface area contributed by atoms with Crippen molar-refractivity contribution < 1.29 is 13.2 Å². The molecule has 0 saturated carbocycles. The zero-order valence-electron chi connectivity index (χ0n) is 20.6. The molecule has 0 bridgehead atoms. The summed E-state index contributed by atoms with van der Waals surface area (Å²) >= 11 is 0. The lowest BCUT2D eigenvalue weighted by Gasteiger charge is -2.18. The van der Waals surface area contributed by atoms with Gasteiger partial charge in [-0.05, 0) is 48.2 Å². The molecule has 9 heteroatoms. The van der Waals surface area contributed by atoms with Crippen molar-refractivity contribution in [2.24, 2.45) is 5.92 Å². The second kappa shape index (κ2) is 11.9. The van der Waals surface area contributed by atoms with Gasteiger partial charge >= 0.3 is 0 Å². The van der Waals surface area contributed by atoms with Crippen molar-refractivity contribution in [3.63, 3.8) is 0 Å². The number of carbonyl (C=O) groups is 1. The van der Waals surface area contributed by atoms with Gasteiger partial charge in [0.15, 0.2) is 5.82 Å². The van der Waals surface area contributed by atoms with Crippen molar-refractivity contribution in [2.75, 3.05) is 0 Å². The maximum atomic E-state index is 13.1. The van der Waals surface area contributed by atoms with E-state index in [0.717, 1.165) is 16.3 Å². The molecular weight excluding hydrogens is 486 g/mol. The van der Waals surface area contributed by atoms with Crippen molar-refractivity contribution in [3.05, 3.63) is 78.6 Å². The molecule has 2 atom stereocenters. The summed E-state index contributed by atoms with van der Waals surface area (Å²) in [5, 5.41) is 19.0. The van der Waals surface area contributed by atoms with E-state index in [4.69, 9.17) is 0 Å². The van der Waals surface area contributed by atoms with Crippen molar-refractivity contribution >= 4 is 26.6 Å². The summed E-state index contributed by atoms with van der Waals surface area (Å²) in [4.78, 5) is 16.5. The Kier molecular flexibility index (Phi) is 8.43. The van der Waals surface area contributed by atoms with Crippen LogP contribution in [0.2, 0.25) is 0 Å². The second-order valence-corrected chi connectivity index (χ2v) is 10.6. The summed E-state index contributed by atoms with van der Waals surface area (Å²) in [7, 11) is -3.85. The Balaban J connectivity index is 1.59. The minimum Gasteiger partial charge on any atom is -0.300 e. The number of hydrogen-bond donors (Lipinski definition) is 2. The molecule has 37 heavy (non-hydrogen) atoms. The number of hydrogen-bond acceptors (Lipinski definition) is 6. The number of nitriles is 1. The van der Waals surface area contributed by atoms with Gasteiger partial charge in [0.1, 0.15) is 11.6 Å². The van der Waals surface area contributed by atoms with Crippen molar-refractivity contribution in [1.82, 2.24) is 19.9 Å². The zero-order valence-corrected chi connectivity index (χ0v) is 21.4. The smallest absolute Gasteiger partial charge is 0.241 e. The monoisotopic (exact) mass is 515 g/mol. The highest BCUT2D eigenvalue weighted by Gasteiger charge is 2.25. The Morgan fingerprint density at radius 2 is 1.73 bits per heavy atom. The molecule has 190 valence electrons. The number of H-pyrrole nitrogens is 1. The Bertz CT molecular complexity index is 1510. The van der Waals surface area contributed by atoms with Crippen molar-refractivity contribution in [2.45, 2.75) is 50.0 Å². The molecule has 4 aromatic rings. The predicted octanol–water partition coefficient (Wildman–Crippen LogP) is 5.32. The Morgan fingerprint density at radius 1 is 1.00 bits per heavy atom. The second-order valence-electron chi connectivity index (χ2n) is 8.93. The van der Waals surface area contributed by atoms with Crippen LogP contribution in [-0.4, -0.2) is 29.4 Å². The van der Waals surface area contributed by atoms with Crippen LogP contribution in [0, 0.1) is 17.2 Å². The van der Waals surface area contributed by atoms with Crippen molar-refractivity contribution in [1.29, 1.82) is 5.26 Å². The van der Waals surface area contributed by atoms with E-state index in [9.17, 15) is 18.5 Å². The van der Waals surface area contributed by atoms with Crippen LogP contribution >= 0.6 is 0 Å². The van der Waals surface area contributed by atoms with Gasteiger partial charge in [-0.1, -0.05) is 61.5 Å². The maximum Gasteiger partial charge on any atom is 0.241 e. The highest BCUT2D eigenvalue weighted by molar-refractivity contribution is 7.89. The van der Waals surface area contributed by atoms with E-state index in [1.54, 1.807) is 25.1 Å². The number of carbonyl (C=O) groups excluding carboxylic acids is 1. The van der Waals surface area contributed by atoms with Gasteiger partial charge in [-0.15, -0.1) is 0 Å². The van der Waals surface area contributed by atoms with Gasteiger partial charge in [0.25, 0.3) is 0 Å². The highest BCUT2D eigenvalue weighted by Crippen LogP contribution is 2.27. The van der Waals surface area contributed by atoms with Gasteiger partial charge in [-0.3, -0.25) is 9.89 Å². The Labute approximate surface area is 216 Å². The van der Waals surface area contributed by atoms with E-state index >= 15 is 0 Å². The first kappa shape index (κ1) is 26.2. The minimum absolute atomic E-state index is 0.108. The third kappa shape index (κ3) is 6.67. The molecule has 8 nitrogen and oxygen atoms in total. The Hall–Kier alpha value is -3.87. The third-order valence-corrected chi connectivity index (χ3v) is 7.83. The lowest BCUT2D eigenvalue weighted by Crippen LogP contribution is -2.30. The number of aromatic nitrogens is 3. The number of rotatable bonds is 12. The van der Waals surface area contributed by atoms with Crippen LogP contribution in [-0.2, 0) is 14.8 Å². The lowest BCUT2D eigenvalue weighted by molar-refractivity contribution is -0.119. The maximum absolute atomic E-state index is 13.1. The van der Waals surface area contributed by atoms with Gasteiger partial charge in [0.05, 0.1) is 17.0 Å². The van der Waals surface area contributed by atoms with E-state index in [0.29, 0.717) is 43.8 Å². The molecule has 0 aliphatic carbocycles. The first-order chi connectivity index (χ1) is 17.9. The number of nitrogens with zero attached hydrogens (tertiary/aromatic N) is 3. The largest absolute Gasteiger partial charge is 0.300 e. The fourth-order valence-corrected chi connectivity index (χ4v) is 5.40. The van der Waals surface area contributed by atoms with E-state index in [-0.39, 0.29) is 16.6 Å². The molecule has 2 N–H and O–H groups in total. The van der Waals surface area contributed by atoms with Crippen LogP contribution in [0.3, 0.4) is 0 Å². The molecule has 0 saturated heterocycles. The van der Waals surface area contributed by atoms with Gasteiger partial charge in [-0.2, -0.15) is 10.4 Å². The molecule has 0 spiro atoms. The minimum atomic E-state index is -3.85. The summed E-state index contributed by atoms with van der Waals surface area (Å²) in [5.74, 6) is 0.554. The molecule has 1 unspecified atom stereocenters. The van der Waals surface area contributed by atoms with Crippen molar-refractivity contribution in [3.8, 4) is 17.5 Å². The molecule has 0 radical (unpaired) electrons. The van der Waals surface area contributed by atoms with Gasteiger partial charge in [-0.25, -0.2) is 18.1 Å². The van der Waals surface area contributed by atoms with Crippen LogP contribution in [0.25, 0.3) is 22.2 Å². The van der Waals surface area contributed by atoms with Crippen LogP contribution in [0.1, 0.15) is 50.9 Å². The SMILES string of the molecule is CCC(=O)CCC(C#N)CC[C@H](NS(=O)(=O)c1ccccc1)c1nc(-c2ccc3ccccc3c2)n[nH]1. The summed E-state index contributed by atoms with van der Waals surface area (Å²) in [6.45, 7) is 1.80. The summed E-state index contributed by atoms with van der Waals surface area (Å²) < 4.78 is 29.0. The number of benzene rings is 3. The first-order valence-electron chi connectivity index (χ1n) is 12.3. The first-order valence-corrected chi connectivity index (χ1v) is 13.8. The summed E-state index contributed by atoms with van der Waals surface area (Å²) in [6.07, 6.45) is 1.94. The van der Waals surface area contributed by atoms with Gasteiger partial charge in [0, 0.05) is 24.3 Å². The number of aromatic amines is 1. The summed E-state index contributed by atoms with van der Waals surface area (Å²) in [5.41, 5.74) is 0.804. The fraction of sp³-hybridized carbons (Fsp3) is 0.286. The van der Waals surface area contributed by atoms with E-state index in [1.165, 1.54) is 12.1 Å². The summed E-state index contributed by atoms with van der Waals surface area (Å²) in [6, 6.07) is 23.5. The molecule has 0 amide bonds. The van der Waals surface area contributed by atoms with Crippen LogP contribution in [0.4, 0.5) is 0 Å². The normalized spacial score (nSPS) is 13.2. The molecule has 1 aromatic heterocycles. The number of ketones is 1. The van der Waals surface area contributed by atoms with Crippen LogP contribution < -0.4 is 4.72 Å². The Morgan fingerprint density at radius 3 is 2.46 bits per heavy atom. The number of nitrogens with one attached hydrogen (secondary N) is 2. The topological polar surface area (TPSA) is 129 Å². The fourth-order valence-electron chi connectivity index (χ4n) is 4.15. The number of fused-ring (bicyclic) bond motifs is 1. The number of Topliss-reactive ketones (excluding diaryl/α,β-unsaturated/α-hetero) is 1. The number of sulfonamides is 1. The predicted molar refractivity (Wildman–Crippen MR) is 142 cm³/mol. The molecule has 4 rings (SSSR count). The zero-order chi connectivity index (χ0) is 26.3. The van der Waals surface area contributed by atoms with Crippen LogP contribution in [0.5, 0.6) is 0 Å². The molecule has 1 heterocycles. The van der Waals surface area contributed by atoms with Gasteiger partial charge < -0.3 is 0 Å². The standard InChI is InChI=1S/C28H29N5O3S/c1-2-24(34)16-12-20(19-29)13-17-26(33-37(35,36)25-10-4-3-5-11-25)28-30-27(31-32-28)23-15-14-21-8-6-7-9-22(21)18-23/h3-11,14-15,18,20,26,33H,2,12-13,16-17H2,1H3,(H,30,31,32)/t20?,26-/m0/s1. The quantitative estimate of drug-likeness (QED) is 0.263. The molecule has 3 aromatic carbocycles. The van der Waals surface area contributed by atoms with E-state index in [2.05, 4.69) is 26.0 Å². The average molecular weight is 516 g/mol. The lowest BCUT2D eigenvalue weighted by atomic mass is 9.95. The van der Waals surface area contributed by atoms with E-state index in [1.807, 2.05) is 42.5 Å². The molecule has 0 aliphatic rings. The van der Waals surface area contributed by atoms with Gasteiger partial charge in [0.2, 0.25) is 10.0 Å². The molecular formula is C28H29N5O3S. The average Bonchev–Trinajstić information content (AvgIpc) is 3.43.